The van der Waals surface area contributed by atoms with E-state index in [1.54, 1.807) is 0 Å². The molecule has 0 bridgehead atoms. The lowest BCUT2D eigenvalue weighted by molar-refractivity contribution is 0.779. The number of nitrogen functional groups attached to an aromatic ring is 1. The lowest BCUT2D eigenvalue weighted by atomic mass is 10.2. The molecule has 0 atom stereocenters. The summed E-state index contributed by atoms with van der Waals surface area (Å²) in [7, 11) is 0. The highest BCUT2D eigenvalue weighted by Gasteiger charge is 2.31. The Bertz CT molecular complexity index is 561. The highest BCUT2D eigenvalue weighted by atomic mass is 15.2. The molecule has 3 nitrogen and oxygen atoms in total. The van der Waals surface area contributed by atoms with Crippen molar-refractivity contribution in [2.75, 3.05) is 10.6 Å². The molecule has 0 spiro atoms. The van der Waals surface area contributed by atoms with Gasteiger partial charge in [0.05, 0.1) is 5.69 Å². The number of nitrogens with two attached hydrogens (primary N) is 1. The first-order valence-corrected chi connectivity index (χ1v) is 6.77. The van der Waals surface area contributed by atoms with Crippen molar-refractivity contribution in [1.29, 1.82) is 0 Å². The number of rotatable bonds is 4. The van der Waals surface area contributed by atoms with Crippen LogP contribution in [-0.4, -0.2) is 11.0 Å². The van der Waals surface area contributed by atoms with Crippen molar-refractivity contribution in [3.05, 3.63) is 53.7 Å². The first-order valence-electron chi connectivity index (χ1n) is 6.77. The Labute approximate surface area is 114 Å². The second-order valence-electron chi connectivity index (χ2n) is 5.21. The summed E-state index contributed by atoms with van der Waals surface area (Å²) in [5.74, 6) is 0.936. The van der Waals surface area contributed by atoms with E-state index in [2.05, 4.69) is 34.1 Å². The smallest absolute Gasteiger partial charge is 0.152 e. The minimum atomic E-state index is 0.594. The van der Waals surface area contributed by atoms with Gasteiger partial charge in [0.2, 0.25) is 0 Å². The summed E-state index contributed by atoms with van der Waals surface area (Å²) in [6.07, 6.45) is 4.32. The zero-order valence-electron chi connectivity index (χ0n) is 11.2. The van der Waals surface area contributed by atoms with E-state index >= 15 is 0 Å². The van der Waals surface area contributed by atoms with E-state index in [1.165, 1.54) is 18.4 Å². The molecule has 3 rings (SSSR count). The number of aromatic nitrogens is 1. The predicted molar refractivity (Wildman–Crippen MR) is 79.0 cm³/mol. The molecule has 2 N–H and O–H groups in total. The number of hydrogen-bond donors (Lipinski definition) is 1. The summed E-state index contributed by atoms with van der Waals surface area (Å²) < 4.78 is 0. The maximum Gasteiger partial charge on any atom is 0.152 e. The minimum Gasteiger partial charge on any atom is -0.396 e. The summed E-state index contributed by atoms with van der Waals surface area (Å²) in [5.41, 5.74) is 9.41. The molecule has 1 saturated carbocycles. The molecule has 1 aliphatic rings. The maximum absolute atomic E-state index is 6.20. The second-order valence-corrected chi connectivity index (χ2v) is 5.21. The fourth-order valence-electron chi connectivity index (χ4n) is 2.33. The van der Waals surface area contributed by atoms with Crippen LogP contribution < -0.4 is 10.6 Å². The van der Waals surface area contributed by atoms with E-state index in [0.29, 0.717) is 6.04 Å². The van der Waals surface area contributed by atoms with Gasteiger partial charge in [-0.05, 0) is 37.0 Å². The molecule has 1 aromatic heterocycles. The van der Waals surface area contributed by atoms with Gasteiger partial charge in [0.15, 0.2) is 5.82 Å². The van der Waals surface area contributed by atoms with Gasteiger partial charge in [0.25, 0.3) is 0 Å². The number of anilines is 2. The van der Waals surface area contributed by atoms with Gasteiger partial charge in [-0.2, -0.15) is 0 Å². The molecule has 0 amide bonds. The third-order valence-electron chi connectivity index (χ3n) is 3.64. The Morgan fingerprint density at radius 3 is 2.63 bits per heavy atom. The molecule has 0 saturated heterocycles. The van der Waals surface area contributed by atoms with Crippen LogP contribution in [-0.2, 0) is 6.54 Å². The van der Waals surface area contributed by atoms with Crippen molar-refractivity contribution in [2.24, 2.45) is 0 Å². The first-order chi connectivity index (χ1) is 9.25. The zero-order valence-corrected chi connectivity index (χ0v) is 11.2. The summed E-state index contributed by atoms with van der Waals surface area (Å²) in [6, 6.07) is 13.1. The molecule has 1 aliphatic carbocycles. The minimum absolute atomic E-state index is 0.594. The van der Waals surface area contributed by atoms with Crippen LogP contribution in [0.25, 0.3) is 0 Å². The van der Waals surface area contributed by atoms with Crippen LogP contribution in [0.4, 0.5) is 11.5 Å². The van der Waals surface area contributed by atoms with Crippen molar-refractivity contribution in [3.63, 3.8) is 0 Å². The van der Waals surface area contributed by atoms with Crippen LogP contribution in [0.5, 0.6) is 0 Å². The van der Waals surface area contributed by atoms with Gasteiger partial charge in [-0.25, -0.2) is 4.98 Å². The number of hydrogen-bond acceptors (Lipinski definition) is 3. The van der Waals surface area contributed by atoms with Crippen LogP contribution >= 0.6 is 0 Å². The molecule has 3 heteroatoms. The molecule has 1 fully saturated rings. The Hall–Kier alpha value is -2.03. The summed E-state index contributed by atoms with van der Waals surface area (Å²) in [4.78, 5) is 6.84. The summed E-state index contributed by atoms with van der Waals surface area (Å²) in [5, 5.41) is 0. The third kappa shape index (κ3) is 2.55. The standard InChI is InChI=1S/C16H19N3/c1-12-9-10-18-16(15(12)17)19(14-7-8-14)11-13-5-3-2-4-6-13/h2-6,9-10,14H,7-8,11,17H2,1H3. The van der Waals surface area contributed by atoms with Crippen LogP contribution in [0, 0.1) is 6.92 Å². The Balaban J connectivity index is 1.91. The second kappa shape index (κ2) is 4.92. The zero-order chi connectivity index (χ0) is 13.2. The van der Waals surface area contributed by atoms with Crippen LogP contribution in [0.3, 0.4) is 0 Å². The monoisotopic (exact) mass is 253 g/mol. The Morgan fingerprint density at radius 1 is 1.21 bits per heavy atom. The third-order valence-corrected chi connectivity index (χ3v) is 3.64. The molecule has 0 radical (unpaired) electrons. The Kier molecular flexibility index (Phi) is 3.11. The quantitative estimate of drug-likeness (QED) is 0.910. The van der Waals surface area contributed by atoms with Gasteiger partial charge in [-0.1, -0.05) is 30.3 Å². The molecule has 0 unspecified atom stereocenters. The average molecular weight is 253 g/mol. The number of benzene rings is 1. The largest absolute Gasteiger partial charge is 0.396 e. The molecule has 98 valence electrons. The lowest BCUT2D eigenvalue weighted by Gasteiger charge is -2.25. The van der Waals surface area contributed by atoms with Crippen molar-refractivity contribution >= 4 is 11.5 Å². The molecule has 2 aromatic rings. The van der Waals surface area contributed by atoms with Crippen LogP contribution in [0.2, 0.25) is 0 Å². The molecule has 1 aromatic carbocycles. The van der Waals surface area contributed by atoms with Gasteiger partial charge >= 0.3 is 0 Å². The van der Waals surface area contributed by atoms with E-state index in [4.69, 9.17) is 5.73 Å². The normalized spacial score (nSPS) is 14.4. The molecular weight excluding hydrogens is 234 g/mol. The van der Waals surface area contributed by atoms with Crippen molar-refractivity contribution in [3.8, 4) is 0 Å². The fraction of sp³-hybridized carbons (Fsp3) is 0.312. The number of pyridine rings is 1. The average Bonchev–Trinajstić information content (AvgIpc) is 3.25. The van der Waals surface area contributed by atoms with E-state index in [-0.39, 0.29) is 0 Å². The first kappa shape index (κ1) is 12.0. The lowest BCUT2D eigenvalue weighted by Crippen LogP contribution is -2.27. The van der Waals surface area contributed by atoms with Gasteiger partial charge in [-0.15, -0.1) is 0 Å². The van der Waals surface area contributed by atoms with Crippen molar-refractivity contribution < 1.29 is 0 Å². The maximum atomic E-state index is 6.20. The van der Waals surface area contributed by atoms with Gasteiger partial charge in [-0.3, -0.25) is 0 Å². The molecule has 19 heavy (non-hydrogen) atoms. The van der Waals surface area contributed by atoms with E-state index < -0.39 is 0 Å². The number of aryl methyl sites for hydroxylation is 1. The van der Waals surface area contributed by atoms with Gasteiger partial charge in [0, 0.05) is 18.8 Å². The highest BCUT2D eigenvalue weighted by molar-refractivity contribution is 5.67. The van der Waals surface area contributed by atoms with Crippen molar-refractivity contribution in [1.82, 2.24) is 4.98 Å². The van der Waals surface area contributed by atoms with E-state index in [0.717, 1.165) is 23.6 Å². The molecule has 1 heterocycles. The fourth-order valence-corrected chi connectivity index (χ4v) is 2.33. The predicted octanol–water partition coefficient (Wildman–Crippen LogP) is 3.14. The Morgan fingerprint density at radius 2 is 1.95 bits per heavy atom. The van der Waals surface area contributed by atoms with E-state index in [9.17, 15) is 0 Å². The van der Waals surface area contributed by atoms with Gasteiger partial charge in [0.1, 0.15) is 0 Å². The van der Waals surface area contributed by atoms with E-state index in [1.807, 2.05) is 25.3 Å². The summed E-state index contributed by atoms with van der Waals surface area (Å²) in [6.45, 7) is 2.92. The number of nitrogens with zero attached hydrogens (tertiary/aromatic N) is 2. The van der Waals surface area contributed by atoms with Crippen LogP contribution in [0.15, 0.2) is 42.6 Å². The van der Waals surface area contributed by atoms with Crippen molar-refractivity contribution in [2.45, 2.75) is 32.4 Å². The topological polar surface area (TPSA) is 42.2 Å². The van der Waals surface area contributed by atoms with Crippen LogP contribution in [0.1, 0.15) is 24.0 Å². The molecule has 0 aliphatic heterocycles. The molecular formula is C16H19N3. The van der Waals surface area contributed by atoms with Gasteiger partial charge < -0.3 is 10.6 Å². The SMILES string of the molecule is Cc1ccnc(N(Cc2ccccc2)C2CC2)c1N. The summed E-state index contributed by atoms with van der Waals surface area (Å²) >= 11 is 0. The highest BCUT2D eigenvalue weighted by Crippen LogP contribution is 2.35.